The summed E-state index contributed by atoms with van der Waals surface area (Å²) in [6, 6.07) is 5.78. The lowest BCUT2D eigenvalue weighted by Crippen LogP contribution is -2.15. The Morgan fingerprint density at radius 2 is 2.00 bits per heavy atom. The van der Waals surface area contributed by atoms with Crippen molar-refractivity contribution in [2.24, 2.45) is 0 Å². The van der Waals surface area contributed by atoms with Crippen LogP contribution in [0.4, 0.5) is 11.6 Å². The zero-order valence-electron chi connectivity index (χ0n) is 11.3. The van der Waals surface area contributed by atoms with Gasteiger partial charge in [-0.1, -0.05) is 17.7 Å². The minimum absolute atomic E-state index is 0.00754. The first-order valence-corrected chi connectivity index (χ1v) is 7.65. The molecule has 0 aliphatic heterocycles. The summed E-state index contributed by atoms with van der Waals surface area (Å²) >= 11 is 5.76. The minimum atomic E-state index is -3.86. The van der Waals surface area contributed by atoms with Crippen LogP contribution in [-0.2, 0) is 10.0 Å². The van der Waals surface area contributed by atoms with Crippen LogP contribution in [-0.4, -0.2) is 25.5 Å². The van der Waals surface area contributed by atoms with Gasteiger partial charge in [-0.25, -0.2) is 18.1 Å². The molecule has 1 aromatic heterocycles. The van der Waals surface area contributed by atoms with E-state index in [1.165, 1.54) is 25.3 Å². The maximum Gasteiger partial charge on any atom is 0.264 e. The molecule has 0 atom stereocenters. The Bertz CT molecular complexity index is 780. The molecule has 0 unspecified atom stereocenters. The molecule has 2 aromatic rings. The number of nitrogens with one attached hydrogen (secondary N) is 1. The van der Waals surface area contributed by atoms with E-state index < -0.39 is 10.0 Å². The predicted octanol–water partition coefficient (Wildman–Crippen LogP) is 1.83. The molecule has 2 rings (SSSR count). The molecule has 9 heteroatoms. The van der Waals surface area contributed by atoms with Gasteiger partial charge in [-0.15, -0.1) is 0 Å². The standard InChI is InChI=1S/C12H13ClN4O3S/c1-7-3-4-8(5-9(7)14)21(18,19)17-12-15-10(13)6-11(16-12)20-2/h3-6H,14H2,1-2H3,(H,15,16,17). The van der Waals surface area contributed by atoms with Crippen LogP contribution in [0, 0.1) is 6.92 Å². The van der Waals surface area contributed by atoms with Crippen LogP contribution >= 0.6 is 11.6 Å². The summed E-state index contributed by atoms with van der Waals surface area (Å²) in [5, 5.41) is 0.0583. The highest BCUT2D eigenvalue weighted by Gasteiger charge is 2.17. The molecule has 0 amide bonds. The van der Waals surface area contributed by atoms with E-state index in [4.69, 9.17) is 22.1 Å². The van der Waals surface area contributed by atoms with Crippen molar-refractivity contribution in [3.05, 3.63) is 35.0 Å². The number of nitrogen functional groups attached to an aromatic ring is 1. The summed E-state index contributed by atoms with van der Waals surface area (Å²) in [5.41, 5.74) is 6.88. The average Bonchev–Trinajstić information content (AvgIpc) is 2.40. The van der Waals surface area contributed by atoms with Gasteiger partial charge in [0, 0.05) is 11.8 Å². The number of ether oxygens (including phenoxy) is 1. The Hall–Kier alpha value is -2.06. The summed E-state index contributed by atoms with van der Waals surface area (Å²) in [6.07, 6.45) is 0. The predicted molar refractivity (Wildman–Crippen MR) is 80.0 cm³/mol. The third-order valence-electron chi connectivity index (χ3n) is 2.67. The second kappa shape index (κ2) is 5.74. The lowest BCUT2D eigenvalue weighted by atomic mass is 10.2. The molecule has 1 heterocycles. The zero-order valence-corrected chi connectivity index (χ0v) is 12.9. The summed E-state index contributed by atoms with van der Waals surface area (Å²) in [7, 11) is -2.48. The van der Waals surface area contributed by atoms with Crippen molar-refractivity contribution in [1.29, 1.82) is 0 Å². The van der Waals surface area contributed by atoms with Gasteiger partial charge in [-0.3, -0.25) is 0 Å². The van der Waals surface area contributed by atoms with Crippen molar-refractivity contribution in [3.63, 3.8) is 0 Å². The van der Waals surface area contributed by atoms with Gasteiger partial charge < -0.3 is 10.5 Å². The highest BCUT2D eigenvalue weighted by molar-refractivity contribution is 7.92. The van der Waals surface area contributed by atoms with E-state index in [0.29, 0.717) is 5.69 Å². The number of sulfonamides is 1. The molecule has 0 radical (unpaired) electrons. The normalized spacial score (nSPS) is 11.2. The fraction of sp³-hybridized carbons (Fsp3) is 0.167. The zero-order chi connectivity index (χ0) is 15.6. The maximum absolute atomic E-state index is 12.2. The Morgan fingerprint density at radius 3 is 2.62 bits per heavy atom. The summed E-state index contributed by atoms with van der Waals surface area (Å²) < 4.78 is 31.6. The van der Waals surface area contributed by atoms with Crippen molar-refractivity contribution < 1.29 is 13.2 Å². The van der Waals surface area contributed by atoms with Crippen molar-refractivity contribution in [3.8, 4) is 5.88 Å². The van der Waals surface area contributed by atoms with Crippen molar-refractivity contribution in [2.45, 2.75) is 11.8 Å². The highest BCUT2D eigenvalue weighted by atomic mass is 35.5. The number of halogens is 1. The molecular formula is C12H13ClN4O3S. The number of rotatable bonds is 4. The van der Waals surface area contributed by atoms with E-state index in [1.54, 1.807) is 13.0 Å². The minimum Gasteiger partial charge on any atom is -0.481 e. The molecule has 0 saturated heterocycles. The topological polar surface area (TPSA) is 107 Å². The quantitative estimate of drug-likeness (QED) is 0.655. The largest absolute Gasteiger partial charge is 0.481 e. The number of aromatic nitrogens is 2. The Labute approximate surface area is 127 Å². The Morgan fingerprint density at radius 1 is 1.29 bits per heavy atom. The molecule has 112 valence electrons. The molecule has 0 bridgehead atoms. The van der Waals surface area contributed by atoms with Crippen LogP contribution in [0.1, 0.15) is 5.56 Å². The summed E-state index contributed by atoms with van der Waals surface area (Å²) in [5.74, 6) is -0.0328. The van der Waals surface area contributed by atoms with Gasteiger partial charge in [-0.05, 0) is 24.6 Å². The van der Waals surface area contributed by atoms with Gasteiger partial charge in [0.1, 0.15) is 5.15 Å². The lowest BCUT2D eigenvalue weighted by molar-refractivity contribution is 0.397. The van der Waals surface area contributed by atoms with Gasteiger partial charge in [0.15, 0.2) is 0 Å². The van der Waals surface area contributed by atoms with Crippen LogP contribution in [0.3, 0.4) is 0 Å². The van der Waals surface area contributed by atoms with Gasteiger partial charge in [-0.2, -0.15) is 4.98 Å². The highest BCUT2D eigenvalue weighted by Crippen LogP contribution is 2.21. The van der Waals surface area contributed by atoms with Crippen LogP contribution in [0.2, 0.25) is 5.15 Å². The number of nitrogens with zero attached hydrogens (tertiary/aromatic N) is 2. The van der Waals surface area contributed by atoms with Crippen molar-refractivity contribution >= 4 is 33.3 Å². The second-order valence-corrected chi connectivity index (χ2v) is 6.25. The van der Waals surface area contributed by atoms with E-state index in [9.17, 15) is 8.42 Å². The van der Waals surface area contributed by atoms with Crippen LogP contribution in [0.25, 0.3) is 0 Å². The smallest absolute Gasteiger partial charge is 0.264 e. The maximum atomic E-state index is 12.2. The molecule has 21 heavy (non-hydrogen) atoms. The van der Waals surface area contributed by atoms with Crippen molar-refractivity contribution in [2.75, 3.05) is 17.6 Å². The van der Waals surface area contributed by atoms with Gasteiger partial charge in [0.25, 0.3) is 10.0 Å². The Balaban J connectivity index is 2.37. The molecule has 7 nitrogen and oxygen atoms in total. The van der Waals surface area contributed by atoms with Crippen molar-refractivity contribution in [1.82, 2.24) is 9.97 Å². The number of anilines is 2. The van der Waals surface area contributed by atoms with Gasteiger partial charge >= 0.3 is 0 Å². The van der Waals surface area contributed by atoms with E-state index >= 15 is 0 Å². The van der Waals surface area contributed by atoms with Gasteiger partial charge in [0.2, 0.25) is 11.8 Å². The number of methoxy groups -OCH3 is 1. The first-order chi connectivity index (χ1) is 9.81. The van der Waals surface area contributed by atoms with E-state index in [-0.39, 0.29) is 21.9 Å². The average molecular weight is 329 g/mol. The van der Waals surface area contributed by atoms with E-state index in [1.807, 2.05) is 0 Å². The van der Waals surface area contributed by atoms with Crippen LogP contribution in [0.15, 0.2) is 29.2 Å². The number of hydrogen-bond donors (Lipinski definition) is 2. The van der Waals surface area contributed by atoms with Crippen LogP contribution in [0.5, 0.6) is 5.88 Å². The van der Waals surface area contributed by atoms with Gasteiger partial charge in [0.05, 0.1) is 12.0 Å². The second-order valence-electron chi connectivity index (χ2n) is 4.18. The lowest BCUT2D eigenvalue weighted by Gasteiger charge is -2.09. The summed E-state index contributed by atoms with van der Waals surface area (Å²) in [4.78, 5) is 7.66. The molecular weight excluding hydrogens is 316 g/mol. The number of benzene rings is 1. The summed E-state index contributed by atoms with van der Waals surface area (Å²) in [6.45, 7) is 1.78. The molecule has 0 aliphatic rings. The fourth-order valence-electron chi connectivity index (χ4n) is 1.51. The molecule has 0 fully saturated rings. The van der Waals surface area contributed by atoms with E-state index in [2.05, 4.69) is 14.7 Å². The molecule has 0 aliphatic carbocycles. The number of nitrogens with two attached hydrogens (primary N) is 1. The number of aryl methyl sites for hydroxylation is 1. The SMILES string of the molecule is COc1cc(Cl)nc(NS(=O)(=O)c2ccc(C)c(N)c2)n1. The fourth-order valence-corrected chi connectivity index (χ4v) is 2.66. The number of hydrogen-bond acceptors (Lipinski definition) is 6. The third kappa shape index (κ3) is 3.53. The Kier molecular flexibility index (Phi) is 4.19. The molecule has 0 saturated carbocycles. The first-order valence-electron chi connectivity index (χ1n) is 5.79. The molecule has 0 spiro atoms. The van der Waals surface area contributed by atoms with E-state index in [0.717, 1.165) is 5.56 Å². The first kappa shape index (κ1) is 15.3. The molecule has 1 aromatic carbocycles. The third-order valence-corrected chi connectivity index (χ3v) is 4.19. The van der Waals surface area contributed by atoms with Crippen LogP contribution < -0.4 is 15.2 Å². The monoisotopic (exact) mass is 328 g/mol. The molecule has 3 N–H and O–H groups in total.